The number of carbonyl (C=O) groups is 7. The molecule has 448 valence electrons. The highest BCUT2D eigenvalue weighted by molar-refractivity contribution is 6.00. The van der Waals surface area contributed by atoms with Gasteiger partial charge in [0.15, 0.2) is 11.5 Å². The molecule has 2 aromatic carbocycles. The Morgan fingerprint density at radius 3 is 1.98 bits per heavy atom. The highest BCUT2D eigenvalue weighted by atomic mass is 16.3. The molecule has 2 aromatic rings. The predicted octanol–water partition coefficient (Wildman–Crippen LogP) is -2.88. The number of phenols is 2. The van der Waals surface area contributed by atoms with Gasteiger partial charge in [0.1, 0.15) is 36.3 Å². The first-order chi connectivity index (χ1) is 38.2. The van der Waals surface area contributed by atoms with Crippen molar-refractivity contribution in [1.29, 1.82) is 0 Å². The zero-order chi connectivity index (χ0) is 59.2. The van der Waals surface area contributed by atoms with E-state index >= 15 is 0 Å². The van der Waals surface area contributed by atoms with Gasteiger partial charge in [0.2, 0.25) is 35.4 Å². The van der Waals surface area contributed by atoms with Crippen molar-refractivity contribution in [2.24, 2.45) is 23.0 Å². The Hall–Kier alpha value is -6.19. The van der Waals surface area contributed by atoms with E-state index in [9.17, 15) is 74.4 Å². The summed E-state index contributed by atoms with van der Waals surface area (Å²) >= 11 is 0. The smallest absolute Gasteiger partial charge is 0.251 e. The van der Waals surface area contributed by atoms with Crippen LogP contribution < -0.4 is 37.2 Å². The first-order valence-corrected chi connectivity index (χ1v) is 28.2. The molecule has 0 spiro atoms. The van der Waals surface area contributed by atoms with E-state index in [1.807, 2.05) is 0 Å². The van der Waals surface area contributed by atoms with Crippen LogP contribution >= 0.6 is 0 Å². The minimum absolute atomic E-state index is 0.135. The van der Waals surface area contributed by atoms with Crippen LogP contribution in [-0.2, 0) is 35.2 Å². The number of fused-ring (bicyclic) bond motifs is 2. The SMILES string of the molecule is C[C@H](O)[C@@H]1NC(=O)[C@@H](NC(=O)c2ccc(N3CCN(C4CCC(C(C)(C)C)CC4)CC3)cc2)C[C@H](O)CNC(=O)[C@@H]2[C@@H](O)[C@H](C)CN2C(=O)[C@H]([C@H](O)CCN)NC(=O)[C@H]([C@H](O)Cc2ccc(O)c(O)c2)NC(=O)[C@@H]2C[C@H](O)CN2C1=O. The van der Waals surface area contributed by atoms with Crippen molar-refractivity contribution in [3.05, 3.63) is 53.6 Å². The van der Waals surface area contributed by atoms with Gasteiger partial charge in [-0.25, -0.2) is 0 Å². The van der Waals surface area contributed by atoms with Crippen LogP contribution in [0.5, 0.6) is 11.5 Å². The summed E-state index contributed by atoms with van der Waals surface area (Å²) in [6.45, 7) is 11.4. The number of carbonyl (C=O) groups excluding carboxylic acids is 7. The molecule has 81 heavy (non-hydrogen) atoms. The quantitative estimate of drug-likeness (QED) is 0.101. The molecular formula is C56H84N10O15. The fourth-order valence-electron chi connectivity index (χ4n) is 12.0. The third kappa shape index (κ3) is 15.1. The van der Waals surface area contributed by atoms with E-state index in [0.29, 0.717) is 17.4 Å². The van der Waals surface area contributed by atoms with E-state index in [1.165, 1.54) is 45.6 Å². The molecule has 0 radical (unpaired) electrons. The molecule has 1 aliphatic carbocycles. The number of piperazine rings is 1. The lowest BCUT2D eigenvalue weighted by Gasteiger charge is -2.44. The van der Waals surface area contributed by atoms with Crippen LogP contribution in [0.1, 0.15) is 95.5 Å². The van der Waals surface area contributed by atoms with Gasteiger partial charge in [-0.15, -0.1) is 0 Å². The second-order valence-corrected chi connectivity index (χ2v) is 23.8. The van der Waals surface area contributed by atoms with E-state index in [4.69, 9.17) is 5.73 Å². The molecule has 1 saturated carbocycles. The molecule has 25 nitrogen and oxygen atoms in total. The lowest BCUT2D eigenvalue weighted by molar-refractivity contribution is -0.147. The van der Waals surface area contributed by atoms with Crippen molar-refractivity contribution in [1.82, 2.24) is 41.3 Å². The van der Waals surface area contributed by atoms with Crippen LogP contribution in [0.4, 0.5) is 5.69 Å². The summed E-state index contributed by atoms with van der Waals surface area (Å²) in [6, 6.07) is -0.000497. The molecule has 0 bridgehead atoms. The number of benzene rings is 2. The summed E-state index contributed by atoms with van der Waals surface area (Å²) in [5.74, 6) is -8.54. The molecule has 4 aliphatic heterocycles. The van der Waals surface area contributed by atoms with Crippen molar-refractivity contribution in [3.8, 4) is 11.5 Å². The summed E-state index contributed by atoms with van der Waals surface area (Å²) in [6.07, 6.45) is -6.95. The first-order valence-electron chi connectivity index (χ1n) is 28.2. The highest BCUT2D eigenvalue weighted by Gasteiger charge is 2.50. The van der Waals surface area contributed by atoms with Gasteiger partial charge < -0.3 is 87.9 Å². The average molecular weight is 1140 g/mol. The lowest BCUT2D eigenvalue weighted by atomic mass is 9.71. The minimum atomic E-state index is -2.04. The number of phenolic OH excluding ortho intramolecular Hbond substituents is 2. The van der Waals surface area contributed by atoms with Crippen LogP contribution in [0.3, 0.4) is 0 Å². The number of aliphatic hydroxyl groups excluding tert-OH is 6. The Morgan fingerprint density at radius 1 is 0.728 bits per heavy atom. The van der Waals surface area contributed by atoms with Gasteiger partial charge in [0, 0.05) is 88.3 Å². The number of aromatic hydroxyl groups is 2. The number of anilines is 1. The maximum atomic E-state index is 14.6. The Morgan fingerprint density at radius 2 is 1.36 bits per heavy atom. The van der Waals surface area contributed by atoms with Crippen molar-refractivity contribution in [3.63, 3.8) is 0 Å². The Labute approximate surface area is 471 Å². The normalized spacial score (nSPS) is 31.1. The molecular weight excluding hydrogens is 1050 g/mol. The van der Waals surface area contributed by atoms with Crippen LogP contribution in [0, 0.1) is 17.3 Å². The summed E-state index contributed by atoms with van der Waals surface area (Å²) in [5, 5.41) is 100. The second kappa shape index (κ2) is 26.8. The predicted molar refractivity (Wildman–Crippen MR) is 294 cm³/mol. The van der Waals surface area contributed by atoms with E-state index in [1.54, 1.807) is 24.3 Å². The van der Waals surface area contributed by atoms with Crippen molar-refractivity contribution >= 4 is 47.0 Å². The van der Waals surface area contributed by atoms with Crippen LogP contribution in [0.15, 0.2) is 42.5 Å². The molecule has 4 saturated heterocycles. The van der Waals surface area contributed by atoms with E-state index < -0.39 is 164 Å². The zero-order valence-corrected chi connectivity index (χ0v) is 46.8. The summed E-state index contributed by atoms with van der Waals surface area (Å²) in [4.78, 5) is 107. The number of nitrogens with one attached hydrogen (secondary N) is 5. The van der Waals surface area contributed by atoms with Crippen LogP contribution in [0.25, 0.3) is 0 Å². The largest absolute Gasteiger partial charge is 0.504 e. The lowest BCUT2D eigenvalue weighted by Crippen LogP contribution is -2.64. The Balaban J connectivity index is 1.15. The molecule has 0 aromatic heterocycles. The number of rotatable bonds is 11. The van der Waals surface area contributed by atoms with E-state index in [2.05, 4.69) is 57.2 Å². The maximum absolute atomic E-state index is 14.6. The number of hydrogen-bond acceptors (Lipinski definition) is 18. The van der Waals surface area contributed by atoms with Crippen molar-refractivity contribution in [2.45, 2.75) is 165 Å². The molecule has 4 heterocycles. The minimum Gasteiger partial charge on any atom is -0.504 e. The number of amides is 7. The molecule has 7 rings (SSSR count). The molecule has 5 fully saturated rings. The maximum Gasteiger partial charge on any atom is 0.251 e. The highest BCUT2D eigenvalue weighted by Crippen LogP contribution is 2.39. The number of hydrogen-bond donors (Lipinski definition) is 14. The third-order valence-electron chi connectivity index (χ3n) is 16.9. The van der Waals surface area contributed by atoms with Gasteiger partial charge in [-0.2, -0.15) is 0 Å². The summed E-state index contributed by atoms with van der Waals surface area (Å²) < 4.78 is 0. The van der Waals surface area contributed by atoms with E-state index in [0.717, 1.165) is 53.8 Å². The second-order valence-electron chi connectivity index (χ2n) is 23.8. The summed E-state index contributed by atoms with van der Waals surface area (Å²) in [7, 11) is 0. The number of β-amino-alcohol motifs (C(OH)–C–C–N with tert-alkyl or cyclic N) is 1. The molecule has 5 aliphatic rings. The van der Waals surface area contributed by atoms with Crippen molar-refractivity contribution in [2.75, 3.05) is 57.3 Å². The molecule has 25 heteroatoms. The number of aliphatic hydroxyl groups is 6. The summed E-state index contributed by atoms with van der Waals surface area (Å²) in [5.41, 5.74) is 7.23. The van der Waals surface area contributed by atoms with Gasteiger partial charge >= 0.3 is 0 Å². The third-order valence-corrected chi connectivity index (χ3v) is 16.9. The number of nitrogens with two attached hydrogens (primary N) is 1. The zero-order valence-electron chi connectivity index (χ0n) is 46.8. The molecule has 0 unspecified atom stereocenters. The van der Waals surface area contributed by atoms with Gasteiger partial charge in [-0.3, -0.25) is 38.5 Å². The van der Waals surface area contributed by atoms with E-state index in [-0.39, 0.29) is 30.6 Å². The van der Waals surface area contributed by atoms with Crippen LogP contribution in [0.2, 0.25) is 0 Å². The van der Waals surface area contributed by atoms with Crippen molar-refractivity contribution < 1.29 is 74.4 Å². The van der Waals surface area contributed by atoms with Gasteiger partial charge in [-0.1, -0.05) is 33.8 Å². The Bertz CT molecular complexity index is 2550. The first kappa shape index (κ1) is 62.4. The van der Waals surface area contributed by atoms with Gasteiger partial charge in [-0.05, 0) is 98.9 Å². The van der Waals surface area contributed by atoms with Crippen LogP contribution in [-0.4, -0.2) is 228 Å². The van der Waals surface area contributed by atoms with Gasteiger partial charge in [0.05, 0.1) is 36.6 Å². The van der Waals surface area contributed by atoms with Gasteiger partial charge in [0.25, 0.3) is 5.91 Å². The monoisotopic (exact) mass is 1140 g/mol. The topological polar surface area (TPSA) is 380 Å². The number of nitrogens with zero attached hydrogens (tertiary/aromatic N) is 4. The Kier molecular flexibility index (Phi) is 20.7. The standard InChI is InChI=1S/C56H84N10O15/c1-29-27-66-47(48(29)74)53(79)58-26-36(68)24-38(59-49(75)32-7-11-34(12-8-32)63-18-20-64(21-19-63)35-13-9-33(10-14-35)56(3,4)5)50(76)60-44(30(2)67)54(80)65-28-37(69)25-39(65)51(77)61-45(43(73)23-31-6-15-40(70)42(72)22-31)52(78)62-46(55(66)81)41(71)16-17-57/h6-8,11-12,15,22,29-30,33,35-39,41,43-48,67-74H,9-10,13-14,16-21,23-28,57H2,1-5H3,(H,58,79)(H,59,75)(H,60,76)(H,61,77)(H,62,78)/t29-,30+,33?,35?,36+,37+,38+,39+,41-,43-,44+,45+,46+,47+,48+/m1/s1. The molecule has 7 amide bonds. The fourth-order valence-corrected chi connectivity index (χ4v) is 12.0. The molecule has 13 atom stereocenters. The average Bonchev–Trinajstić information content (AvgIpc) is 4.02. The fraction of sp³-hybridized carbons (Fsp3) is 0.661. The molecule has 15 N–H and O–H groups in total.